The summed E-state index contributed by atoms with van der Waals surface area (Å²) >= 11 is 0. The van der Waals surface area contributed by atoms with Gasteiger partial charge in [0.2, 0.25) is 0 Å². The van der Waals surface area contributed by atoms with E-state index < -0.39 is 0 Å². The first-order chi connectivity index (χ1) is 9.20. The van der Waals surface area contributed by atoms with E-state index in [0.29, 0.717) is 23.7 Å². The molecule has 0 saturated carbocycles. The number of amidine groups is 1. The largest absolute Gasteiger partial charge is 0.494 e. The van der Waals surface area contributed by atoms with Gasteiger partial charge in [-0.1, -0.05) is 12.1 Å². The Morgan fingerprint density at radius 3 is 2.32 bits per heavy atom. The minimum absolute atomic E-state index is 0.0125. The van der Waals surface area contributed by atoms with E-state index >= 15 is 0 Å². The Balaban J connectivity index is 2.19. The lowest BCUT2D eigenvalue weighted by Crippen LogP contribution is -2.12. The van der Waals surface area contributed by atoms with E-state index in [9.17, 15) is 0 Å². The highest BCUT2D eigenvalue weighted by molar-refractivity contribution is 5.97. The number of nitrogens with one attached hydrogen (secondary N) is 1. The first-order valence-corrected chi connectivity index (χ1v) is 6.05. The zero-order valence-electron chi connectivity index (χ0n) is 10.7. The van der Waals surface area contributed by atoms with Crippen LogP contribution in [-0.4, -0.2) is 12.4 Å². The Morgan fingerprint density at radius 2 is 1.68 bits per heavy atom. The fourth-order valence-corrected chi connectivity index (χ4v) is 1.68. The zero-order chi connectivity index (χ0) is 13.7. The molecule has 0 unspecified atom stereocenters. The molecule has 2 aromatic rings. The quantitative estimate of drug-likeness (QED) is 0.637. The Bertz CT molecular complexity index is 565. The topological polar surface area (TPSA) is 68.3 Å². The van der Waals surface area contributed by atoms with Gasteiger partial charge >= 0.3 is 0 Å². The van der Waals surface area contributed by atoms with Crippen molar-refractivity contribution in [1.82, 2.24) is 0 Å². The summed E-state index contributed by atoms with van der Waals surface area (Å²) < 4.78 is 11.1. The number of nitrogens with two attached hydrogens (primary N) is 1. The maximum absolute atomic E-state index is 7.51. The van der Waals surface area contributed by atoms with Crippen LogP contribution in [0.15, 0.2) is 48.5 Å². The lowest BCUT2D eigenvalue weighted by atomic mass is 10.2. The molecule has 0 saturated heterocycles. The van der Waals surface area contributed by atoms with E-state index in [1.807, 2.05) is 43.3 Å². The molecule has 4 heteroatoms. The van der Waals surface area contributed by atoms with Gasteiger partial charge < -0.3 is 15.2 Å². The van der Waals surface area contributed by atoms with Crippen molar-refractivity contribution in [2.45, 2.75) is 6.92 Å². The minimum Gasteiger partial charge on any atom is -0.494 e. The first-order valence-electron chi connectivity index (χ1n) is 6.05. The molecule has 4 nitrogen and oxygen atoms in total. The average molecular weight is 256 g/mol. The normalized spacial score (nSPS) is 9.95. The summed E-state index contributed by atoms with van der Waals surface area (Å²) in [5.41, 5.74) is 6.10. The van der Waals surface area contributed by atoms with E-state index in [1.54, 1.807) is 12.1 Å². The fourth-order valence-electron chi connectivity index (χ4n) is 1.68. The molecule has 2 rings (SSSR count). The molecule has 0 amide bonds. The van der Waals surface area contributed by atoms with Crippen molar-refractivity contribution >= 4 is 5.84 Å². The highest BCUT2D eigenvalue weighted by Crippen LogP contribution is 2.26. The van der Waals surface area contributed by atoms with Crippen LogP contribution in [0.1, 0.15) is 12.5 Å². The van der Waals surface area contributed by atoms with Crippen molar-refractivity contribution in [2.75, 3.05) is 6.61 Å². The summed E-state index contributed by atoms with van der Waals surface area (Å²) in [5, 5.41) is 7.51. The third-order valence-electron chi connectivity index (χ3n) is 2.54. The van der Waals surface area contributed by atoms with Crippen LogP contribution >= 0.6 is 0 Å². The van der Waals surface area contributed by atoms with E-state index in [-0.39, 0.29) is 5.84 Å². The van der Waals surface area contributed by atoms with Crippen LogP contribution in [0.25, 0.3) is 0 Å². The molecule has 0 aliphatic carbocycles. The SMILES string of the molecule is CCOc1ccc(Oc2ccccc2C(=N)N)cc1. The lowest BCUT2D eigenvalue weighted by Gasteiger charge is -2.10. The second-order valence-electron chi connectivity index (χ2n) is 3.92. The molecular weight excluding hydrogens is 240 g/mol. The second kappa shape index (κ2) is 5.91. The smallest absolute Gasteiger partial charge is 0.138 e. The molecule has 0 fully saturated rings. The lowest BCUT2D eigenvalue weighted by molar-refractivity contribution is 0.339. The Labute approximate surface area is 112 Å². The molecule has 0 aromatic heterocycles. The van der Waals surface area contributed by atoms with E-state index in [1.165, 1.54) is 0 Å². The number of benzene rings is 2. The van der Waals surface area contributed by atoms with E-state index in [0.717, 1.165) is 5.75 Å². The second-order valence-corrected chi connectivity index (χ2v) is 3.92. The van der Waals surface area contributed by atoms with E-state index in [2.05, 4.69) is 0 Å². The van der Waals surface area contributed by atoms with Gasteiger partial charge in [0.1, 0.15) is 23.1 Å². The molecule has 98 valence electrons. The molecular formula is C15H16N2O2. The third kappa shape index (κ3) is 3.25. The van der Waals surface area contributed by atoms with Crippen LogP contribution in [0.5, 0.6) is 17.2 Å². The van der Waals surface area contributed by atoms with Crippen LogP contribution in [-0.2, 0) is 0 Å². The van der Waals surface area contributed by atoms with Crippen molar-refractivity contribution in [3.63, 3.8) is 0 Å². The number of ether oxygens (including phenoxy) is 2. The van der Waals surface area contributed by atoms with Gasteiger partial charge in [-0.25, -0.2) is 0 Å². The Hall–Kier alpha value is -2.49. The molecule has 0 aliphatic rings. The summed E-state index contributed by atoms with van der Waals surface area (Å²) in [6, 6.07) is 14.5. The molecule has 19 heavy (non-hydrogen) atoms. The number of nitrogen functional groups attached to an aromatic ring is 1. The summed E-state index contributed by atoms with van der Waals surface area (Å²) in [4.78, 5) is 0. The standard InChI is InChI=1S/C15H16N2O2/c1-2-18-11-7-9-12(10-8-11)19-14-6-4-3-5-13(14)15(16)17/h3-10H,2H2,1H3,(H3,16,17). The van der Waals surface area contributed by atoms with Gasteiger partial charge in [-0.2, -0.15) is 0 Å². The van der Waals surface area contributed by atoms with Crippen LogP contribution in [0.4, 0.5) is 0 Å². The minimum atomic E-state index is -0.0125. The van der Waals surface area contributed by atoms with Crippen molar-refractivity contribution in [3.05, 3.63) is 54.1 Å². The number of hydrogen-bond acceptors (Lipinski definition) is 3. The predicted molar refractivity (Wildman–Crippen MR) is 75.1 cm³/mol. The molecule has 0 bridgehead atoms. The van der Waals surface area contributed by atoms with Gasteiger partial charge in [0, 0.05) is 0 Å². The first kappa shape index (κ1) is 13.0. The van der Waals surface area contributed by atoms with Gasteiger partial charge in [0.25, 0.3) is 0 Å². The van der Waals surface area contributed by atoms with Gasteiger partial charge in [0.05, 0.1) is 12.2 Å². The summed E-state index contributed by atoms with van der Waals surface area (Å²) in [7, 11) is 0. The summed E-state index contributed by atoms with van der Waals surface area (Å²) in [5.74, 6) is 2.03. The molecule has 0 heterocycles. The Kier molecular flexibility index (Phi) is 4.03. The molecule has 0 atom stereocenters. The van der Waals surface area contributed by atoms with Gasteiger partial charge in [-0.05, 0) is 43.3 Å². The fraction of sp³-hybridized carbons (Fsp3) is 0.133. The molecule has 2 aromatic carbocycles. The van der Waals surface area contributed by atoms with Crippen LogP contribution in [0.2, 0.25) is 0 Å². The number of hydrogen-bond donors (Lipinski definition) is 2. The monoisotopic (exact) mass is 256 g/mol. The maximum Gasteiger partial charge on any atom is 0.138 e. The molecule has 0 radical (unpaired) electrons. The zero-order valence-corrected chi connectivity index (χ0v) is 10.7. The van der Waals surface area contributed by atoms with Crippen molar-refractivity contribution in [1.29, 1.82) is 5.41 Å². The molecule has 3 N–H and O–H groups in total. The van der Waals surface area contributed by atoms with Gasteiger partial charge in [-0.15, -0.1) is 0 Å². The Morgan fingerprint density at radius 1 is 1.05 bits per heavy atom. The third-order valence-corrected chi connectivity index (χ3v) is 2.54. The average Bonchev–Trinajstić information content (AvgIpc) is 2.42. The van der Waals surface area contributed by atoms with Crippen LogP contribution < -0.4 is 15.2 Å². The highest BCUT2D eigenvalue weighted by Gasteiger charge is 2.06. The van der Waals surface area contributed by atoms with Gasteiger partial charge in [-0.3, -0.25) is 5.41 Å². The maximum atomic E-state index is 7.51. The predicted octanol–water partition coefficient (Wildman–Crippen LogP) is 3.16. The van der Waals surface area contributed by atoms with Crippen molar-refractivity contribution in [2.24, 2.45) is 5.73 Å². The number of para-hydroxylation sites is 1. The summed E-state index contributed by atoms with van der Waals surface area (Å²) in [6.07, 6.45) is 0. The van der Waals surface area contributed by atoms with E-state index in [4.69, 9.17) is 20.6 Å². The van der Waals surface area contributed by atoms with Gasteiger partial charge in [0.15, 0.2) is 0 Å². The molecule has 0 aliphatic heterocycles. The van der Waals surface area contributed by atoms with Crippen molar-refractivity contribution < 1.29 is 9.47 Å². The highest BCUT2D eigenvalue weighted by atomic mass is 16.5. The number of rotatable bonds is 5. The van der Waals surface area contributed by atoms with Crippen LogP contribution in [0, 0.1) is 5.41 Å². The van der Waals surface area contributed by atoms with Crippen molar-refractivity contribution in [3.8, 4) is 17.2 Å². The van der Waals surface area contributed by atoms with Crippen LogP contribution in [0.3, 0.4) is 0 Å². The molecule has 0 spiro atoms. The summed E-state index contributed by atoms with van der Waals surface area (Å²) in [6.45, 7) is 2.57.